The molecular weight excluding hydrogens is 312 g/mol. The van der Waals surface area contributed by atoms with Gasteiger partial charge in [0.1, 0.15) is 18.1 Å². The average molecular weight is 338 g/mol. The van der Waals surface area contributed by atoms with Crippen LogP contribution in [0.25, 0.3) is 0 Å². The van der Waals surface area contributed by atoms with Gasteiger partial charge in [0, 0.05) is 12.0 Å². The Hall–Kier alpha value is -2.29. The standard InChI is InChI=1S/C22H26O3/c1-5-22(23)25-20-8-6-7-14(2)19(20)13-24-21-12-16(4)15(3)11-18(21)17-9-10-17/h6-8,11-12,17H,5,9-10,13H2,1-4H3. The van der Waals surface area contributed by atoms with E-state index in [4.69, 9.17) is 9.47 Å². The highest BCUT2D eigenvalue weighted by Gasteiger charge is 2.27. The van der Waals surface area contributed by atoms with Gasteiger partial charge in [-0.05, 0) is 73.9 Å². The van der Waals surface area contributed by atoms with E-state index >= 15 is 0 Å². The Morgan fingerprint density at radius 1 is 1.04 bits per heavy atom. The summed E-state index contributed by atoms with van der Waals surface area (Å²) in [6.45, 7) is 8.48. The second-order valence-corrected chi connectivity index (χ2v) is 6.92. The molecule has 0 N–H and O–H groups in total. The van der Waals surface area contributed by atoms with Gasteiger partial charge >= 0.3 is 5.97 Å². The van der Waals surface area contributed by atoms with Crippen LogP contribution in [0.15, 0.2) is 30.3 Å². The summed E-state index contributed by atoms with van der Waals surface area (Å²) in [4.78, 5) is 11.7. The van der Waals surface area contributed by atoms with Crippen LogP contribution in [0, 0.1) is 20.8 Å². The van der Waals surface area contributed by atoms with Gasteiger partial charge in [-0.3, -0.25) is 4.79 Å². The molecule has 132 valence electrons. The summed E-state index contributed by atoms with van der Waals surface area (Å²) in [7, 11) is 0. The van der Waals surface area contributed by atoms with Crippen LogP contribution in [0.4, 0.5) is 0 Å². The Bertz CT molecular complexity index is 788. The number of hydrogen-bond donors (Lipinski definition) is 0. The predicted octanol–water partition coefficient (Wildman–Crippen LogP) is 5.38. The molecule has 1 fully saturated rings. The molecule has 1 saturated carbocycles. The fraction of sp³-hybridized carbons (Fsp3) is 0.409. The minimum Gasteiger partial charge on any atom is -0.488 e. The maximum absolute atomic E-state index is 11.7. The molecule has 0 heterocycles. The SMILES string of the molecule is CCC(=O)Oc1cccc(C)c1COc1cc(C)c(C)cc1C1CC1. The maximum Gasteiger partial charge on any atom is 0.310 e. The highest BCUT2D eigenvalue weighted by atomic mass is 16.5. The van der Waals surface area contributed by atoms with E-state index in [1.807, 2.05) is 25.1 Å². The Labute approximate surface area is 150 Å². The van der Waals surface area contributed by atoms with E-state index in [0.717, 1.165) is 16.9 Å². The molecule has 0 bridgehead atoms. The molecule has 0 atom stereocenters. The lowest BCUT2D eigenvalue weighted by molar-refractivity contribution is -0.134. The van der Waals surface area contributed by atoms with E-state index in [1.54, 1.807) is 6.92 Å². The van der Waals surface area contributed by atoms with Gasteiger partial charge in [-0.2, -0.15) is 0 Å². The second-order valence-electron chi connectivity index (χ2n) is 6.92. The van der Waals surface area contributed by atoms with E-state index in [-0.39, 0.29) is 5.97 Å². The smallest absolute Gasteiger partial charge is 0.310 e. The van der Waals surface area contributed by atoms with Gasteiger partial charge in [0.2, 0.25) is 0 Å². The number of rotatable bonds is 6. The molecular formula is C22H26O3. The van der Waals surface area contributed by atoms with E-state index < -0.39 is 0 Å². The summed E-state index contributed by atoms with van der Waals surface area (Å²) in [5.41, 5.74) is 5.86. The number of carbonyl (C=O) groups excluding carboxylic acids is 1. The molecule has 3 heteroatoms. The highest BCUT2D eigenvalue weighted by molar-refractivity contribution is 5.72. The molecule has 0 radical (unpaired) electrons. The normalized spacial score (nSPS) is 13.6. The van der Waals surface area contributed by atoms with Crippen molar-refractivity contribution in [1.29, 1.82) is 0 Å². The van der Waals surface area contributed by atoms with Crippen molar-refractivity contribution in [2.75, 3.05) is 0 Å². The zero-order chi connectivity index (χ0) is 18.0. The van der Waals surface area contributed by atoms with Crippen LogP contribution >= 0.6 is 0 Å². The first kappa shape index (κ1) is 17.5. The van der Waals surface area contributed by atoms with Crippen LogP contribution in [0.3, 0.4) is 0 Å². The molecule has 0 spiro atoms. The van der Waals surface area contributed by atoms with E-state index in [1.165, 1.54) is 29.5 Å². The van der Waals surface area contributed by atoms with Crippen LogP contribution in [-0.4, -0.2) is 5.97 Å². The maximum atomic E-state index is 11.7. The summed E-state index contributed by atoms with van der Waals surface area (Å²) in [6.07, 6.45) is 2.84. The first-order chi connectivity index (χ1) is 12.0. The molecule has 2 aromatic carbocycles. The monoisotopic (exact) mass is 338 g/mol. The quantitative estimate of drug-likeness (QED) is 0.524. The number of hydrogen-bond acceptors (Lipinski definition) is 3. The van der Waals surface area contributed by atoms with Crippen molar-refractivity contribution in [3.05, 3.63) is 58.1 Å². The Morgan fingerprint density at radius 3 is 2.44 bits per heavy atom. The Balaban J connectivity index is 1.85. The van der Waals surface area contributed by atoms with Crippen LogP contribution in [0.5, 0.6) is 11.5 Å². The molecule has 0 saturated heterocycles. The van der Waals surface area contributed by atoms with Gasteiger partial charge in [-0.25, -0.2) is 0 Å². The van der Waals surface area contributed by atoms with Gasteiger partial charge in [0.05, 0.1) is 0 Å². The van der Waals surface area contributed by atoms with E-state index in [2.05, 4.69) is 26.0 Å². The lowest BCUT2D eigenvalue weighted by Gasteiger charge is -2.17. The number of ether oxygens (including phenoxy) is 2. The van der Waals surface area contributed by atoms with Gasteiger partial charge in [0.25, 0.3) is 0 Å². The minimum absolute atomic E-state index is 0.225. The third kappa shape index (κ3) is 4.04. The fourth-order valence-corrected chi connectivity index (χ4v) is 2.95. The number of carbonyl (C=O) groups is 1. The third-order valence-electron chi connectivity index (χ3n) is 4.90. The van der Waals surface area contributed by atoms with Gasteiger partial charge in [0.15, 0.2) is 0 Å². The number of esters is 1. The largest absolute Gasteiger partial charge is 0.488 e. The zero-order valence-electron chi connectivity index (χ0n) is 15.5. The predicted molar refractivity (Wildman–Crippen MR) is 99.3 cm³/mol. The molecule has 1 aliphatic rings. The first-order valence-corrected chi connectivity index (χ1v) is 9.02. The summed E-state index contributed by atoms with van der Waals surface area (Å²) < 4.78 is 11.7. The topological polar surface area (TPSA) is 35.5 Å². The molecule has 0 amide bonds. The van der Waals surface area contributed by atoms with E-state index in [0.29, 0.717) is 24.7 Å². The molecule has 2 aromatic rings. The summed E-state index contributed by atoms with van der Waals surface area (Å²) >= 11 is 0. The van der Waals surface area contributed by atoms with Crippen molar-refractivity contribution in [2.45, 2.75) is 59.5 Å². The number of aryl methyl sites for hydroxylation is 3. The van der Waals surface area contributed by atoms with Crippen molar-refractivity contribution < 1.29 is 14.3 Å². The summed E-state index contributed by atoms with van der Waals surface area (Å²) in [6, 6.07) is 10.2. The molecule has 0 aliphatic heterocycles. The molecule has 0 unspecified atom stereocenters. The van der Waals surface area contributed by atoms with Gasteiger partial charge < -0.3 is 9.47 Å². The fourth-order valence-electron chi connectivity index (χ4n) is 2.95. The Kier molecular flexibility index (Phi) is 5.12. The van der Waals surface area contributed by atoms with E-state index in [9.17, 15) is 4.79 Å². The molecule has 25 heavy (non-hydrogen) atoms. The van der Waals surface area contributed by atoms with Gasteiger partial charge in [-0.1, -0.05) is 25.1 Å². The van der Waals surface area contributed by atoms with Crippen LogP contribution < -0.4 is 9.47 Å². The highest BCUT2D eigenvalue weighted by Crippen LogP contribution is 2.45. The van der Waals surface area contributed by atoms with Crippen LogP contribution in [0.1, 0.15) is 59.9 Å². The third-order valence-corrected chi connectivity index (χ3v) is 4.90. The van der Waals surface area contributed by atoms with Gasteiger partial charge in [-0.15, -0.1) is 0 Å². The average Bonchev–Trinajstić information content (AvgIpc) is 3.42. The molecule has 3 rings (SSSR count). The van der Waals surface area contributed by atoms with Crippen LogP contribution in [0.2, 0.25) is 0 Å². The van der Waals surface area contributed by atoms with Crippen molar-refractivity contribution >= 4 is 5.97 Å². The summed E-state index contributed by atoms with van der Waals surface area (Å²) in [5.74, 6) is 1.96. The molecule has 1 aliphatic carbocycles. The lowest BCUT2D eigenvalue weighted by atomic mass is 10.0. The first-order valence-electron chi connectivity index (χ1n) is 9.02. The van der Waals surface area contributed by atoms with Crippen molar-refractivity contribution in [3.8, 4) is 11.5 Å². The molecule has 0 aromatic heterocycles. The number of benzene rings is 2. The zero-order valence-corrected chi connectivity index (χ0v) is 15.5. The van der Waals surface area contributed by atoms with Crippen molar-refractivity contribution in [3.63, 3.8) is 0 Å². The van der Waals surface area contributed by atoms with Crippen molar-refractivity contribution in [1.82, 2.24) is 0 Å². The second kappa shape index (κ2) is 7.30. The molecule has 3 nitrogen and oxygen atoms in total. The van der Waals surface area contributed by atoms with Crippen molar-refractivity contribution in [2.24, 2.45) is 0 Å². The lowest BCUT2D eigenvalue weighted by Crippen LogP contribution is -2.10. The Morgan fingerprint density at radius 2 is 1.76 bits per heavy atom. The summed E-state index contributed by atoms with van der Waals surface area (Å²) in [5, 5.41) is 0. The minimum atomic E-state index is -0.225. The van der Waals surface area contributed by atoms with Crippen LogP contribution in [-0.2, 0) is 11.4 Å².